The molecule has 3 atom stereocenters. The zero-order chi connectivity index (χ0) is 10.9. The van der Waals surface area contributed by atoms with E-state index in [9.17, 15) is 0 Å². The van der Waals surface area contributed by atoms with E-state index in [1.165, 1.54) is 38.6 Å². The highest BCUT2D eigenvalue weighted by Gasteiger charge is 2.40. The van der Waals surface area contributed by atoms with E-state index in [4.69, 9.17) is 4.74 Å². The van der Waals surface area contributed by atoms with E-state index >= 15 is 0 Å². The van der Waals surface area contributed by atoms with Crippen LogP contribution in [0.15, 0.2) is 0 Å². The van der Waals surface area contributed by atoms with Gasteiger partial charge in [0.05, 0.1) is 12.2 Å². The lowest BCUT2D eigenvalue weighted by atomic mass is 9.80. The summed E-state index contributed by atoms with van der Waals surface area (Å²) in [4.78, 5) is 0. The summed E-state index contributed by atoms with van der Waals surface area (Å²) < 4.78 is 5.96. The molecule has 0 amide bonds. The first-order chi connectivity index (χ1) is 7.12. The molecule has 15 heavy (non-hydrogen) atoms. The van der Waals surface area contributed by atoms with Crippen molar-refractivity contribution in [2.24, 2.45) is 5.92 Å². The van der Waals surface area contributed by atoms with Crippen molar-refractivity contribution < 1.29 is 4.74 Å². The average Bonchev–Trinajstić information content (AvgIpc) is 2.77. The van der Waals surface area contributed by atoms with Crippen LogP contribution >= 0.6 is 0 Å². The summed E-state index contributed by atoms with van der Waals surface area (Å²) in [5, 5.41) is 3.73. The molecule has 2 saturated heterocycles. The molecule has 88 valence electrons. The summed E-state index contributed by atoms with van der Waals surface area (Å²) in [6, 6.07) is 0. The van der Waals surface area contributed by atoms with Crippen LogP contribution in [-0.2, 0) is 4.74 Å². The van der Waals surface area contributed by atoms with Crippen molar-refractivity contribution in [1.82, 2.24) is 5.32 Å². The molecule has 3 unspecified atom stereocenters. The molecule has 2 rings (SSSR count). The largest absolute Gasteiger partial charge is 0.375 e. The molecule has 2 nitrogen and oxygen atoms in total. The van der Waals surface area contributed by atoms with Gasteiger partial charge in [0.1, 0.15) is 0 Å². The van der Waals surface area contributed by atoms with Gasteiger partial charge in [-0.2, -0.15) is 0 Å². The number of hydrogen-bond acceptors (Lipinski definition) is 2. The zero-order valence-electron chi connectivity index (χ0n) is 10.4. The Balaban J connectivity index is 1.95. The molecule has 0 aromatic heterocycles. The van der Waals surface area contributed by atoms with Gasteiger partial charge in [-0.05, 0) is 51.5 Å². The second-order valence-electron chi connectivity index (χ2n) is 5.69. The topological polar surface area (TPSA) is 21.3 Å². The first-order valence-electron chi connectivity index (χ1n) is 6.53. The maximum absolute atomic E-state index is 5.96. The maximum Gasteiger partial charge on any atom is 0.0597 e. The first-order valence-corrected chi connectivity index (χ1v) is 6.53. The fourth-order valence-corrected chi connectivity index (χ4v) is 3.17. The SMILES string of the molecule is CC1CCC(CC2(C(C)C)CCCN2)O1. The summed E-state index contributed by atoms with van der Waals surface area (Å²) in [6.45, 7) is 8.08. The number of nitrogens with one attached hydrogen (secondary N) is 1. The number of ether oxygens (including phenoxy) is 1. The normalized spacial score (nSPS) is 41.6. The standard InChI is InChI=1S/C13H25NO/c1-10(2)13(7-4-8-14-13)9-12-6-5-11(3)15-12/h10-12,14H,4-9H2,1-3H3. The van der Waals surface area contributed by atoms with Crippen molar-refractivity contribution in [3.63, 3.8) is 0 Å². The van der Waals surface area contributed by atoms with Crippen molar-refractivity contribution in [3.8, 4) is 0 Å². The van der Waals surface area contributed by atoms with Crippen molar-refractivity contribution in [2.45, 2.75) is 70.6 Å². The van der Waals surface area contributed by atoms with Gasteiger partial charge < -0.3 is 10.1 Å². The molecule has 0 bridgehead atoms. The Morgan fingerprint density at radius 2 is 2.20 bits per heavy atom. The highest BCUT2D eigenvalue weighted by molar-refractivity contribution is 4.98. The van der Waals surface area contributed by atoms with E-state index < -0.39 is 0 Å². The number of rotatable bonds is 3. The number of hydrogen-bond donors (Lipinski definition) is 1. The van der Waals surface area contributed by atoms with Crippen molar-refractivity contribution in [2.75, 3.05) is 6.54 Å². The highest BCUT2D eigenvalue weighted by Crippen LogP contribution is 2.36. The summed E-state index contributed by atoms with van der Waals surface area (Å²) >= 11 is 0. The molecule has 0 spiro atoms. The van der Waals surface area contributed by atoms with Gasteiger partial charge in [0.15, 0.2) is 0 Å². The molecular weight excluding hydrogens is 186 g/mol. The molecule has 0 aliphatic carbocycles. The van der Waals surface area contributed by atoms with Gasteiger partial charge in [-0.15, -0.1) is 0 Å². The van der Waals surface area contributed by atoms with Crippen molar-refractivity contribution in [1.29, 1.82) is 0 Å². The van der Waals surface area contributed by atoms with Gasteiger partial charge in [-0.25, -0.2) is 0 Å². The van der Waals surface area contributed by atoms with Crippen LogP contribution in [0.1, 0.15) is 52.9 Å². The Kier molecular flexibility index (Phi) is 3.36. The molecule has 0 aromatic rings. The monoisotopic (exact) mass is 211 g/mol. The van der Waals surface area contributed by atoms with Gasteiger partial charge in [-0.3, -0.25) is 0 Å². The van der Waals surface area contributed by atoms with Crippen LogP contribution in [0, 0.1) is 5.92 Å². The lowest BCUT2D eigenvalue weighted by molar-refractivity contribution is 0.0263. The minimum absolute atomic E-state index is 0.370. The van der Waals surface area contributed by atoms with Crippen LogP contribution in [0.5, 0.6) is 0 Å². The molecule has 0 saturated carbocycles. The third-order valence-corrected chi connectivity index (χ3v) is 4.29. The Morgan fingerprint density at radius 3 is 2.67 bits per heavy atom. The first kappa shape index (κ1) is 11.4. The van der Waals surface area contributed by atoms with Gasteiger partial charge >= 0.3 is 0 Å². The van der Waals surface area contributed by atoms with E-state index in [0.717, 1.165) is 5.92 Å². The fraction of sp³-hybridized carbons (Fsp3) is 1.00. The molecule has 2 aliphatic rings. The lowest BCUT2D eigenvalue weighted by Gasteiger charge is -2.36. The van der Waals surface area contributed by atoms with Crippen LogP contribution < -0.4 is 5.32 Å². The average molecular weight is 211 g/mol. The van der Waals surface area contributed by atoms with E-state index in [-0.39, 0.29) is 0 Å². The fourth-order valence-electron chi connectivity index (χ4n) is 3.17. The van der Waals surface area contributed by atoms with Gasteiger partial charge in [0.25, 0.3) is 0 Å². The summed E-state index contributed by atoms with van der Waals surface area (Å²) in [5.41, 5.74) is 0.370. The Labute approximate surface area is 93.8 Å². The Bertz CT molecular complexity index is 209. The maximum atomic E-state index is 5.96. The Hall–Kier alpha value is -0.0800. The molecular formula is C13H25NO. The lowest BCUT2D eigenvalue weighted by Crippen LogP contribution is -2.47. The summed E-state index contributed by atoms with van der Waals surface area (Å²) in [7, 11) is 0. The molecule has 2 aliphatic heterocycles. The second-order valence-corrected chi connectivity index (χ2v) is 5.69. The molecule has 0 radical (unpaired) electrons. The van der Waals surface area contributed by atoms with Gasteiger partial charge in [0, 0.05) is 5.54 Å². The van der Waals surface area contributed by atoms with Crippen molar-refractivity contribution in [3.05, 3.63) is 0 Å². The Morgan fingerprint density at radius 1 is 1.40 bits per heavy atom. The third kappa shape index (κ3) is 2.36. The second kappa shape index (κ2) is 4.42. The predicted octanol–water partition coefficient (Wildman–Crippen LogP) is 2.72. The molecule has 2 heterocycles. The summed E-state index contributed by atoms with van der Waals surface area (Å²) in [5.74, 6) is 0.722. The minimum Gasteiger partial charge on any atom is -0.375 e. The quantitative estimate of drug-likeness (QED) is 0.775. The van der Waals surface area contributed by atoms with E-state index in [1.807, 2.05) is 0 Å². The van der Waals surface area contributed by atoms with Crippen LogP contribution in [0.3, 0.4) is 0 Å². The van der Waals surface area contributed by atoms with E-state index in [1.54, 1.807) is 0 Å². The highest BCUT2D eigenvalue weighted by atomic mass is 16.5. The molecule has 0 aromatic carbocycles. The predicted molar refractivity (Wildman–Crippen MR) is 63.0 cm³/mol. The zero-order valence-corrected chi connectivity index (χ0v) is 10.4. The molecule has 2 fully saturated rings. The van der Waals surface area contributed by atoms with E-state index in [2.05, 4.69) is 26.1 Å². The smallest absolute Gasteiger partial charge is 0.0597 e. The third-order valence-electron chi connectivity index (χ3n) is 4.29. The molecule has 1 N–H and O–H groups in total. The van der Waals surface area contributed by atoms with Crippen LogP contribution in [0.4, 0.5) is 0 Å². The van der Waals surface area contributed by atoms with E-state index in [0.29, 0.717) is 17.7 Å². The van der Waals surface area contributed by atoms with Crippen LogP contribution in [0.2, 0.25) is 0 Å². The van der Waals surface area contributed by atoms with Gasteiger partial charge in [-0.1, -0.05) is 13.8 Å². The minimum atomic E-state index is 0.370. The van der Waals surface area contributed by atoms with Crippen LogP contribution in [0.25, 0.3) is 0 Å². The van der Waals surface area contributed by atoms with Gasteiger partial charge in [0.2, 0.25) is 0 Å². The van der Waals surface area contributed by atoms with Crippen molar-refractivity contribution >= 4 is 0 Å². The molecule has 2 heteroatoms. The van der Waals surface area contributed by atoms with Crippen LogP contribution in [-0.4, -0.2) is 24.3 Å². The summed E-state index contributed by atoms with van der Waals surface area (Å²) in [6.07, 6.45) is 7.39.